The molecule has 0 fully saturated rings. The van der Waals surface area contributed by atoms with E-state index >= 15 is 0 Å². The van der Waals surface area contributed by atoms with Gasteiger partial charge in [0, 0.05) is 5.69 Å². The molecule has 2 N–H and O–H groups in total. The lowest BCUT2D eigenvalue weighted by molar-refractivity contribution is -0.121. The molecule has 4 aromatic rings. The maximum Gasteiger partial charge on any atom is 0.270 e. The predicted octanol–water partition coefficient (Wildman–Crippen LogP) is 3.24. The lowest BCUT2D eigenvalue weighted by atomic mass is 10.1. The van der Waals surface area contributed by atoms with Gasteiger partial charge < -0.3 is 0 Å². The molecule has 0 spiro atoms. The van der Waals surface area contributed by atoms with Gasteiger partial charge >= 0.3 is 0 Å². The van der Waals surface area contributed by atoms with Crippen LogP contribution >= 0.6 is 0 Å². The third-order valence-electron chi connectivity index (χ3n) is 5.03. The van der Waals surface area contributed by atoms with Crippen LogP contribution in [0.1, 0.15) is 32.7 Å². The van der Waals surface area contributed by atoms with Crippen LogP contribution in [0.5, 0.6) is 0 Å². The summed E-state index contributed by atoms with van der Waals surface area (Å²) in [5.74, 6) is -1.26. The second kappa shape index (κ2) is 8.97. The molecule has 2 heterocycles. The summed E-state index contributed by atoms with van der Waals surface area (Å²) in [7, 11) is 0. The van der Waals surface area contributed by atoms with Crippen LogP contribution in [0.15, 0.2) is 60.8 Å². The van der Waals surface area contributed by atoms with E-state index in [1.165, 1.54) is 29.8 Å². The standard InChI is InChI=1S/C24H22FN5O2/c1-15-3-5-18(6-4-15)14-30-23-21(13-26-30)20(11-16(2)27-23)24(32)29-28-22(31)12-17-7-9-19(25)10-8-17/h3-11,13H,12,14H2,1-2H3,(H,28,31)(H,29,32). The number of aromatic nitrogens is 3. The Morgan fingerprint density at radius 2 is 1.66 bits per heavy atom. The van der Waals surface area contributed by atoms with Crippen molar-refractivity contribution in [3.8, 4) is 0 Å². The van der Waals surface area contributed by atoms with Gasteiger partial charge in [-0.25, -0.2) is 14.1 Å². The first-order valence-corrected chi connectivity index (χ1v) is 10.1. The van der Waals surface area contributed by atoms with Crippen LogP contribution in [0.3, 0.4) is 0 Å². The Morgan fingerprint density at radius 3 is 2.38 bits per heavy atom. The van der Waals surface area contributed by atoms with E-state index in [9.17, 15) is 14.0 Å². The van der Waals surface area contributed by atoms with Crippen molar-refractivity contribution in [1.82, 2.24) is 25.6 Å². The number of rotatable bonds is 5. The second-order valence-electron chi connectivity index (χ2n) is 7.64. The molecule has 0 saturated heterocycles. The highest BCUT2D eigenvalue weighted by atomic mass is 19.1. The monoisotopic (exact) mass is 431 g/mol. The first-order valence-electron chi connectivity index (χ1n) is 10.1. The lowest BCUT2D eigenvalue weighted by Crippen LogP contribution is -2.42. The van der Waals surface area contributed by atoms with Gasteiger partial charge in [-0.1, -0.05) is 42.0 Å². The molecule has 7 nitrogen and oxygen atoms in total. The quantitative estimate of drug-likeness (QED) is 0.475. The van der Waals surface area contributed by atoms with E-state index in [4.69, 9.17) is 0 Å². The van der Waals surface area contributed by atoms with Gasteiger partial charge in [-0.3, -0.25) is 20.4 Å². The number of aryl methyl sites for hydroxylation is 2. The summed E-state index contributed by atoms with van der Waals surface area (Å²) < 4.78 is 14.7. The van der Waals surface area contributed by atoms with Gasteiger partial charge in [-0.2, -0.15) is 5.10 Å². The molecule has 0 saturated carbocycles. The van der Waals surface area contributed by atoms with Gasteiger partial charge in [-0.15, -0.1) is 0 Å². The van der Waals surface area contributed by atoms with Crippen molar-refractivity contribution in [3.05, 3.63) is 94.6 Å². The zero-order valence-electron chi connectivity index (χ0n) is 17.7. The van der Waals surface area contributed by atoms with Gasteiger partial charge in [0.15, 0.2) is 5.65 Å². The van der Waals surface area contributed by atoms with Gasteiger partial charge in [0.05, 0.1) is 30.1 Å². The van der Waals surface area contributed by atoms with Crippen molar-refractivity contribution in [3.63, 3.8) is 0 Å². The smallest absolute Gasteiger partial charge is 0.270 e. The molecule has 0 atom stereocenters. The van der Waals surface area contributed by atoms with Crippen molar-refractivity contribution in [2.24, 2.45) is 0 Å². The van der Waals surface area contributed by atoms with E-state index in [1.807, 2.05) is 31.2 Å². The highest BCUT2D eigenvalue weighted by molar-refractivity contribution is 6.06. The molecule has 0 unspecified atom stereocenters. The van der Waals surface area contributed by atoms with Crippen molar-refractivity contribution in [1.29, 1.82) is 0 Å². The number of benzene rings is 2. The minimum atomic E-state index is -0.470. The molecule has 162 valence electrons. The maximum absolute atomic E-state index is 13.0. The molecule has 2 aromatic carbocycles. The topological polar surface area (TPSA) is 88.9 Å². The normalized spacial score (nSPS) is 10.8. The largest absolute Gasteiger partial charge is 0.273 e. The molecule has 0 aliphatic heterocycles. The lowest BCUT2D eigenvalue weighted by Gasteiger charge is -2.10. The first kappa shape index (κ1) is 21.2. The summed E-state index contributed by atoms with van der Waals surface area (Å²) in [6.45, 7) is 4.35. The molecule has 8 heteroatoms. The van der Waals surface area contributed by atoms with Crippen LogP contribution in [0.2, 0.25) is 0 Å². The molecule has 2 amide bonds. The van der Waals surface area contributed by atoms with E-state index in [1.54, 1.807) is 23.9 Å². The summed E-state index contributed by atoms with van der Waals surface area (Å²) in [6.07, 6.45) is 1.62. The molecule has 0 radical (unpaired) electrons. The summed E-state index contributed by atoms with van der Waals surface area (Å²) in [4.78, 5) is 29.5. The van der Waals surface area contributed by atoms with E-state index in [0.29, 0.717) is 34.4 Å². The van der Waals surface area contributed by atoms with E-state index in [-0.39, 0.29) is 12.2 Å². The zero-order chi connectivity index (χ0) is 22.7. The van der Waals surface area contributed by atoms with Crippen molar-refractivity contribution in [2.45, 2.75) is 26.8 Å². The third kappa shape index (κ3) is 4.80. The van der Waals surface area contributed by atoms with Crippen LogP contribution < -0.4 is 10.9 Å². The SMILES string of the molecule is Cc1ccc(Cn2ncc3c(C(=O)NNC(=O)Cc4ccc(F)cc4)cc(C)nc32)cc1. The van der Waals surface area contributed by atoms with Gasteiger partial charge in [0.1, 0.15) is 5.82 Å². The predicted molar refractivity (Wildman–Crippen MR) is 118 cm³/mol. The summed E-state index contributed by atoms with van der Waals surface area (Å²) in [6, 6.07) is 15.4. The molecule has 0 aliphatic rings. The van der Waals surface area contributed by atoms with Gasteiger partial charge in [0.2, 0.25) is 5.91 Å². The number of hydrogen-bond donors (Lipinski definition) is 2. The Morgan fingerprint density at radius 1 is 0.969 bits per heavy atom. The number of carbonyl (C=O) groups excluding carboxylic acids is 2. The Balaban J connectivity index is 1.48. The molecule has 4 rings (SSSR count). The van der Waals surface area contributed by atoms with E-state index in [0.717, 1.165) is 5.56 Å². The number of hydrazine groups is 1. The van der Waals surface area contributed by atoms with Crippen molar-refractivity contribution < 1.29 is 14.0 Å². The van der Waals surface area contributed by atoms with Crippen LogP contribution in [-0.4, -0.2) is 26.6 Å². The van der Waals surface area contributed by atoms with Crippen LogP contribution in [-0.2, 0) is 17.8 Å². The highest BCUT2D eigenvalue weighted by Gasteiger charge is 2.17. The third-order valence-corrected chi connectivity index (χ3v) is 5.03. The first-order chi connectivity index (χ1) is 15.4. The average molecular weight is 431 g/mol. The Bertz CT molecular complexity index is 1280. The fourth-order valence-corrected chi connectivity index (χ4v) is 3.37. The molecule has 0 bridgehead atoms. The number of pyridine rings is 1. The molecule has 2 aromatic heterocycles. The molecular formula is C24H22FN5O2. The second-order valence-corrected chi connectivity index (χ2v) is 7.64. The molecule has 32 heavy (non-hydrogen) atoms. The van der Waals surface area contributed by atoms with E-state index < -0.39 is 11.8 Å². The van der Waals surface area contributed by atoms with Gasteiger partial charge in [-0.05, 0) is 43.2 Å². The number of amides is 2. The Labute approximate surface area is 184 Å². The van der Waals surface area contributed by atoms with Crippen LogP contribution in [0.25, 0.3) is 11.0 Å². The number of nitrogens with zero attached hydrogens (tertiary/aromatic N) is 3. The summed E-state index contributed by atoms with van der Waals surface area (Å²) in [5, 5.41) is 5.00. The maximum atomic E-state index is 13.0. The number of halogens is 1. The van der Waals surface area contributed by atoms with Gasteiger partial charge in [0.25, 0.3) is 5.91 Å². The minimum Gasteiger partial charge on any atom is -0.273 e. The van der Waals surface area contributed by atoms with Crippen molar-refractivity contribution >= 4 is 22.8 Å². The zero-order valence-corrected chi connectivity index (χ0v) is 17.7. The van der Waals surface area contributed by atoms with Crippen LogP contribution in [0, 0.1) is 19.7 Å². The summed E-state index contributed by atoms with van der Waals surface area (Å²) in [5.41, 5.74) is 9.34. The van der Waals surface area contributed by atoms with E-state index in [2.05, 4.69) is 20.9 Å². The molecule has 0 aliphatic carbocycles. The Kier molecular flexibility index (Phi) is 5.93. The van der Waals surface area contributed by atoms with Crippen molar-refractivity contribution in [2.75, 3.05) is 0 Å². The average Bonchev–Trinajstić information content (AvgIpc) is 3.17. The minimum absolute atomic E-state index is 0.0137. The Hall–Kier alpha value is -4.07. The van der Waals surface area contributed by atoms with Crippen LogP contribution in [0.4, 0.5) is 4.39 Å². The fourth-order valence-electron chi connectivity index (χ4n) is 3.37. The summed E-state index contributed by atoms with van der Waals surface area (Å²) >= 11 is 0. The number of carbonyl (C=O) groups is 2. The number of hydrogen-bond acceptors (Lipinski definition) is 4. The fraction of sp³-hybridized carbons (Fsp3) is 0.167. The highest BCUT2D eigenvalue weighted by Crippen LogP contribution is 2.19. The number of fused-ring (bicyclic) bond motifs is 1. The number of nitrogens with one attached hydrogen (secondary N) is 2. The molecular weight excluding hydrogens is 409 g/mol.